The van der Waals surface area contributed by atoms with E-state index in [1.54, 1.807) is 0 Å². The second-order valence-corrected chi connectivity index (χ2v) is 4.76. The monoisotopic (exact) mass is 219 g/mol. The molecule has 1 saturated heterocycles. The van der Waals surface area contributed by atoms with Crippen molar-refractivity contribution in [3.63, 3.8) is 0 Å². The maximum absolute atomic E-state index is 5.92. The second-order valence-electron chi connectivity index (χ2n) is 4.76. The van der Waals surface area contributed by atoms with Crippen LogP contribution in [0.2, 0.25) is 0 Å². The first-order chi connectivity index (χ1) is 7.69. The Hall–Kier alpha value is -0.860. The Kier molecular flexibility index (Phi) is 3.62. The number of rotatable bonds is 2. The Labute approximate surface area is 98.0 Å². The van der Waals surface area contributed by atoms with Crippen molar-refractivity contribution in [1.29, 1.82) is 0 Å². The van der Waals surface area contributed by atoms with E-state index < -0.39 is 0 Å². The highest BCUT2D eigenvalue weighted by molar-refractivity contribution is 5.30. The number of morpholine rings is 1. The van der Waals surface area contributed by atoms with Gasteiger partial charge in [0.05, 0.1) is 12.7 Å². The number of hydrogen-bond acceptors (Lipinski definition) is 2. The van der Waals surface area contributed by atoms with E-state index >= 15 is 0 Å². The zero-order valence-electron chi connectivity index (χ0n) is 10.4. The van der Waals surface area contributed by atoms with Gasteiger partial charge in [0.2, 0.25) is 0 Å². The molecular formula is C14H21NO. The van der Waals surface area contributed by atoms with Crippen LogP contribution in [0.1, 0.15) is 36.1 Å². The van der Waals surface area contributed by atoms with Crippen molar-refractivity contribution in [2.45, 2.75) is 39.3 Å². The van der Waals surface area contributed by atoms with E-state index in [2.05, 4.69) is 44.3 Å². The van der Waals surface area contributed by atoms with Crippen LogP contribution in [0.15, 0.2) is 18.2 Å². The van der Waals surface area contributed by atoms with Crippen molar-refractivity contribution in [3.05, 3.63) is 34.9 Å². The predicted octanol–water partition coefficient (Wildman–Crippen LogP) is 2.74. The molecule has 1 aromatic carbocycles. The van der Waals surface area contributed by atoms with Crippen LogP contribution in [-0.4, -0.2) is 19.2 Å². The van der Waals surface area contributed by atoms with E-state index in [0.717, 1.165) is 19.6 Å². The molecule has 1 aliphatic heterocycles. The topological polar surface area (TPSA) is 21.3 Å². The van der Waals surface area contributed by atoms with Gasteiger partial charge in [0.15, 0.2) is 0 Å². The van der Waals surface area contributed by atoms with Crippen LogP contribution in [-0.2, 0) is 4.74 Å². The van der Waals surface area contributed by atoms with Crippen molar-refractivity contribution in [2.75, 3.05) is 13.2 Å². The molecule has 0 aromatic heterocycles. The Balaban J connectivity index is 2.08. The van der Waals surface area contributed by atoms with Crippen molar-refractivity contribution in [3.8, 4) is 0 Å². The van der Waals surface area contributed by atoms with Gasteiger partial charge in [-0.25, -0.2) is 0 Å². The Morgan fingerprint density at radius 3 is 2.44 bits per heavy atom. The lowest BCUT2D eigenvalue weighted by atomic mass is 10.0. The van der Waals surface area contributed by atoms with Gasteiger partial charge in [-0.1, -0.05) is 36.2 Å². The first kappa shape index (κ1) is 11.6. The summed E-state index contributed by atoms with van der Waals surface area (Å²) >= 11 is 0. The average Bonchev–Trinajstić information content (AvgIpc) is 2.28. The lowest BCUT2D eigenvalue weighted by molar-refractivity contribution is 0.00218. The summed E-state index contributed by atoms with van der Waals surface area (Å²) in [6, 6.07) is 7.19. The van der Waals surface area contributed by atoms with Crippen LogP contribution in [0.4, 0.5) is 0 Å². The van der Waals surface area contributed by atoms with Crippen molar-refractivity contribution in [2.24, 2.45) is 0 Å². The first-order valence-corrected chi connectivity index (χ1v) is 6.12. The molecule has 0 aliphatic carbocycles. The van der Waals surface area contributed by atoms with Crippen LogP contribution >= 0.6 is 0 Å². The zero-order valence-corrected chi connectivity index (χ0v) is 10.4. The molecule has 2 atom stereocenters. The third-order valence-electron chi connectivity index (χ3n) is 3.20. The maximum atomic E-state index is 5.92. The Bertz CT molecular complexity index is 334. The minimum absolute atomic E-state index is 0.224. The van der Waals surface area contributed by atoms with Gasteiger partial charge < -0.3 is 10.1 Å². The zero-order chi connectivity index (χ0) is 11.5. The number of hydrogen-bond donors (Lipinski definition) is 1. The van der Waals surface area contributed by atoms with Crippen LogP contribution < -0.4 is 5.32 Å². The highest BCUT2D eigenvalue weighted by Crippen LogP contribution is 2.22. The summed E-state index contributed by atoms with van der Waals surface area (Å²) in [7, 11) is 0. The van der Waals surface area contributed by atoms with E-state index in [1.165, 1.54) is 16.7 Å². The molecule has 1 heterocycles. The van der Waals surface area contributed by atoms with Crippen LogP contribution in [0.5, 0.6) is 0 Å². The average molecular weight is 219 g/mol. The van der Waals surface area contributed by atoms with E-state index in [4.69, 9.17) is 4.74 Å². The molecule has 2 heteroatoms. The lowest BCUT2D eigenvalue weighted by Gasteiger charge is -2.30. The fourth-order valence-corrected chi connectivity index (χ4v) is 2.30. The maximum Gasteiger partial charge on any atom is 0.0950 e. The van der Waals surface area contributed by atoms with Crippen molar-refractivity contribution in [1.82, 2.24) is 5.32 Å². The summed E-state index contributed by atoms with van der Waals surface area (Å²) < 4.78 is 5.92. The van der Waals surface area contributed by atoms with Crippen LogP contribution in [0, 0.1) is 13.8 Å². The molecule has 1 aliphatic rings. The predicted molar refractivity (Wildman–Crippen MR) is 66.7 cm³/mol. The molecule has 0 spiro atoms. The van der Waals surface area contributed by atoms with Crippen molar-refractivity contribution < 1.29 is 4.74 Å². The molecule has 0 saturated carbocycles. The normalized spacial score (nSPS) is 25.7. The van der Waals surface area contributed by atoms with E-state index in [0.29, 0.717) is 6.04 Å². The summed E-state index contributed by atoms with van der Waals surface area (Å²) in [5, 5.41) is 3.53. The van der Waals surface area contributed by atoms with E-state index in [1.807, 2.05) is 0 Å². The van der Waals surface area contributed by atoms with Gasteiger partial charge >= 0.3 is 0 Å². The summed E-state index contributed by atoms with van der Waals surface area (Å²) in [5.74, 6) is 0. The SMILES string of the molecule is CCC1COC(c2cc(C)cc(C)c2)CN1. The first-order valence-electron chi connectivity index (χ1n) is 6.12. The van der Waals surface area contributed by atoms with Gasteiger partial charge in [-0.2, -0.15) is 0 Å². The van der Waals surface area contributed by atoms with Gasteiger partial charge in [-0.3, -0.25) is 0 Å². The smallest absolute Gasteiger partial charge is 0.0950 e. The standard InChI is InChI=1S/C14H21NO/c1-4-13-9-16-14(8-15-13)12-6-10(2)5-11(3)7-12/h5-7,13-15H,4,8-9H2,1-3H3. The van der Waals surface area contributed by atoms with Gasteiger partial charge in [-0.15, -0.1) is 0 Å². The molecule has 1 aromatic rings. The molecular weight excluding hydrogens is 198 g/mol. The molecule has 2 nitrogen and oxygen atoms in total. The Morgan fingerprint density at radius 1 is 1.25 bits per heavy atom. The quantitative estimate of drug-likeness (QED) is 0.826. The minimum Gasteiger partial charge on any atom is -0.371 e. The molecule has 0 amide bonds. The molecule has 1 N–H and O–H groups in total. The van der Waals surface area contributed by atoms with E-state index in [9.17, 15) is 0 Å². The molecule has 2 rings (SSSR count). The van der Waals surface area contributed by atoms with Crippen molar-refractivity contribution >= 4 is 0 Å². The fourth-order valence-electron chi connectivity index (χ4n) is 2.30. The molecule has 88 valence electrons. The van der Waals surface area contributed by atoms with E-state index in [-0.39, 0.29) is 6.10 Å². The molecule has 1 fully saturated rings. The number of ether oxygens (including phenoxy) is 1. The van der Waals surface area contributed by atoms with Gasteiger partial charge in [0, 0.05) is 12.6 Å². The third kappa shape index (κ3) is 2.63. The van der Waals surface area contributed by atoms with Crippen LogP contribution in [0.3, 0.4) is 0 Å². The lowest BCUT2D eigenvalue weighted by Crippen LogP contribution is -2.42. The van der Waals surface area contributed by atoms with Gasteiger partial charge in [0.25, 0.3) is 0 Å². The summed E-state index contributed by atoms with van der Waals surface area (Å²) in [5.41, 5.74) is 3.94. The minimum atomic E-state index is 0.224. The highest BCUT2D eigenvalue weighted by Gasteiger charge is 2.21. The molecule has 2 unspecified atom stereocenters. The van der Waals surface area contributed by atoms with Gasteiger partial charge in [-0.05, 0) is 25.8 Å². The third-order valence-corrected chi connectivity index (χ3v) is 3.20. The largest absolute Gasteiger partial charge is 0.371 e. The summed E-state index contributed by atoms with van der Waals surface area (Å²) in [6.45, 7) is 8.23. The van der Waals surface area contributed by atoms with Crippen LogP contribution in [0.25, 0.3) is 0 Å². The fraction of sp³-hybridized carbons (Fsp3) is 0.571. The van der Waals surface area contributed by atoms with Gasteiger partial charge in [0.1, 0.15) is 0 Å². The molecule has 0 bridgehead atoms. The molecule has 0 radical (unpaired) electrons. The summed E-state index contributed by atoms with van der Waals surface area (Å²) in [6.07, 6.45) is 1.36. The molecule has 16 heavy (non-hydrogen) atoms. The number of nitrogens with one attached hydrogen (secondary N) is 1. The Morgan fingerprint density at radius 2 is 1.94 bits per heavy atom. The number of benzene rings is 1. The number of aryl methyl sites for hydroxylation is 2. The highest BCUT2D eigenvalue weighted by atomic mass is 16.5. The second kappa shape index (κ2) is 4.98. The summed E-state index contributed by atoms with van der Waals surface area (Å²) in [4.78, 5) is 0.